The smallest absolute Gasteiger partial charge is 0.142 e. The van der Waals surface area contributed by atoms with Crippen LogP contribution >= 0.6 is 0 Å². The highest BCUT2D eigenvalue weighted by atomic mass is 19.1. The summed E-state index contributed by atoms with van der Waals surface area (Å²) >= 11 is 0. The van der Waals surface area contributed by atoms with Crippen LogP contribution in [-0.4, -0.2) is 6.61 Å². The second kappa shape index (κ2) is 5.67. The van der Waals surface area contributed by atoms with Crippen LogP contribution in [0.15, 0.2) is 18.2 Å². The van der Waals surface area contributed by atoms with Gasteiger partial charge in [0.05, 0.1) is 24.7 Å². The lowest BCUT2D eigenvalue weighted by atomic mass is 10.2. The standard InChI is InChI=1S/C12H10FNO/c1-2-15-11-7-6-10(12(13)9-11)5-3-4-8-14/h6-7,9H,2,4H2,1H3. The molecule has 0 fully saturated rings. The largest absolute Gasteiger partial charge is 0.494 e. The molecule has 0 aliphatic heterocycles. The molecule has 3 heteroatoms. The molecule has 0 saturated carbocycles. The molecule has 1 aromatic carbocycles. The molecule has 0 heterocycles. The fraction of sp³-hybridized carbons (Fsp3) is 0.250. The molecule has 0 saturated heterocycles. The monoisotopic (exact) mass is 203 g/mol. The maximum absolute atomic E-state index is 13.3. The fourth-order valence-electron chi connectivity index (χ4n) is 1.03. The van der Waals surface area contributed by atoms with E-state index in [9.17, 15) is 4.39 Å². The quantitative estimate of drug-likeness (QED) is 0.692. The fourth-order valence-corrected chi connectivity index (χ4v) is 1.03. The van der Waals surface area contributed by atoms with Gasteiger partial charge in [0.15, 0.2) is 0 Å². The molecular weight excluding hydrogens is 193 g/mol. The van der Waals surface area contributed by atoms with E-state index in [0.29, 0.717) is 12.4 Å². The highest BCUT2D eigenvalue weighted by Crippen LogP contribution is 2.15. The van der Waals surface area contributed by atoms with Crippen LogP contribution in [0.4, 0.5) is 4.39 Å². The van der Waals surface area contributed by atoms with Crippen LogP contribution in [0, 0.1) is 29.0 Å². The first-order valence-corrected chi connectivity index (χ1v) is 4.56. The van der Waals surface area contributed by atoms with Gasteiger partial charge in [-0.3, -0.25) is 0 Å². The summed E-state index contributed by atoms with van der Waals surface area (Å²) in [6, 6.07) is 6.36. The van der Waals surface area contributed by atoms with E-state index in [1.54, 1.807) is 12.1 Å². The van der Waals surface area contributed by atoms with Gasteiger partial charge in [0.1, 0.15) is 11.6 Å². The van der Waals surface area contributed by atoms with Gasteiger partial charge in [0.25, 0.3) is 0 Å². The van der Waals surface area contributed by atoms with Gasteiger partial charge in [-0.15, -0.1) is 0 Å². The van der Waals surface area contributed by atoms with Gasteiger partial charge >= 0.3 is 0 Å². The molecule has 15 heavy (non-hydrogen) atoms. The average molecular weight is 203 g/mol. The van der Waals surface area contributed by atoms with Crippen molar-refractivity contribution in [3.05, 3.63) is 29.6 Å². The molecule has 2 nitrogen and oxygen atoms in total. The minimum Gasteiger partial charge on any atom is -0.494 e. The van der Waals surface area contributed by atoms with Crippen molar-refractivity contribution in [3.63, 3.8) is 0 Å². The van der Waals surface area contributed by atoms with Crippen LogP contribution in [-0.2, 0) is 0 Å². The first-order chi connectivity index (χ1) is 7.27. The van der Waals surface area contributed by atoms with E-state index in [2.05, 4.69) is 11.8 Å². The normalized spacial score (nSPS) is 8.60. The molecule has 0 aliphatic carbocycles. The van der Waals surface area contributed by atoms with Crippen molar-refractivity contribution in [2.75, 3.05) is 6.61 Å². The van der Waals surface area contributed by atoms with Crippen molar-refractivity contribution >= 4 is 0 Å². The summed E-state index contributed by atoms with van der Waals surface area (Å²) in [4.78, 5) is 0. The first-order valence-electron chi connectivity index (χ1n) is 4.56. The number of rotatable bonds is 2. The molecule has 0 amide bonds. The minimum atomic E-state index is -0.425. The van der Waals surface area contributed by atoms with Crippen LogP contribution < -0.4 is 4.74 Å². The second-order valence-corrected chi connectivity index (χ2v) is 2.71. The van der Waals surface area contributed by atoms with Crippen molar-refractivity contribution in [1.29, 1.82) is 5.26 Å². The van der Waals surface area contributed by atoms with E-state index < -0.39 is 5.82 Å². The summed E-state index contributed by atoms with van der Waals surface area (Å²) in [5.74, 6) is 5.19. The molecule has 0 radical (unpaired) electrons. The molecule has 0 bridgehead atoms. The Hall–Kier alpha value is -2.00. The van der Waals surface area contributed by atoms with E-state index in [1.807, 2.05) is 13.0 Å². The molecule has 1 aromatic rings. The van der Waals surface area contributed by atoms with Gasteiger partial charge in [-0.25, -0.2) is 4.39 Å². The van der Waals surface area contributed by atoms with E-state index >= 15 is 0 Å². The Morgan fingerprint density at radius 3 is 2.87 bits per heavy atom. The number of benzene rings is 1. The predicted molar refractivity (Wildman–Crippen MR) is 54.7 cm³/mol. The van der Waals surface area contributed by atoms with E-state index in [0.717, 1.165) is 0 Å². The van der Waals surface area contributed by atoms with Crippen molar-refractivity contribution in [2.45, 2.75) is 13.3 Å². The molecule has 0 atom stereocenters. The van der Waals surface area contributed by atoms with E-state index in [-0.39, 0.29) is 12.0 Å². The number of hydrogen-bond acceptors (Lipinski definition) is 2. The lowest BCUT2D eigenvalue weighted by Crippen LogP contribution is -1.93. The van der Waals surface area contributed by atoms with Gasteiger partial charge in [0.2, 0.25) is 0 Å². The summed E-state index contributed by atoms with van der Waals surface area (Å²) in [5, 5.41) is 8.26. The maximum Gasteiger partial charge on any atom is 0.142 e. The van der Waals surface area contributed by atoms with Gasteiger partial charge in [0, 0.05) is 6.07 Å². The van der Waals surface area contributed by atoms with Crippen molar-refractivity contribution in [3.8, 4) is 23.7 Å². The zero-order valence-electron chi connectivity index (χ0n) is 8.38. The number of hydrogen-bond donors (Lipinski definition) is 0. The zero-order chi connectivity index (χ0) is 11.1. The first kappa shape index (κ1) is 11.1. The van der Waals surface area contributed by atoms with Crippen LogP contribution in [0.5, 0.6) is 5.75 Å². The Labute approximate surface area is 88.3 Å². The molecular formula is C12H10FNO. The lowest BCUT2D eigenvalue weighted by molar-refractivity contribution is 0.338. The maximum atomic E-state index is 13.3. The number of nitriles is 1. The SMILES string of the molecule is CCOc1ccc(C#CCC#N)c(F)c1. The van der Waals surface area contributed by atoms with Crippen LogP contribution in [0.2, 0.25) is 0 Å². The summed E-state index contributed by atoms with van der Waals surface area (Å²) in [5.41, 5.74) is 0.286. The Balaban J connectivity index is 2.86. The topological polar surface area (TPSA) is 33.0 Å². The Morgan fingerprint density at radius 2 is 2.27 bits per heavy atom. The average Bonchev–Trinajstić information content (AvgIpc) is 2.22. The third-order valence-corrected chi connectivity index (χ3v) is 1.64. The van der Waals surface area contributed by atoms with Gasteiger partial charge < -0.3 is 4.74 Å². The molecule has 0 unspecified atom stereocenters. The van der Waals surface area contributed by atoms with Crippen molar-refractivity contribution in [2.24, 2.45) is 0 Å². The molecule has 0 aromatic heterocycles. The third-order valence-electron chi connectivity index (χ3n) is 1.64. The number of nitrogens with zero attached hydrogens (tertiary/aromatic N) is 1. The number of halogens is 1. The predicted octanol–water partition coefficient (Wildman–Crippen LogP) is 2.49. The van der Waals surface area contributed by atoms with Gasteiger partial charge in [-0.1, -0.05) is 11.8 Å². The van der Waals surface area contributed by atoms with Crippen LogP contribution in [0.1, 0.15) is 18.9 Å². The van der Waals surface area contributed by atoms with Crippen molar-refractivity contribution < 1.29 is 9.13 Å². The summed E-state index contributed by atoms with van der Waals surface area (Å²) < 4.78 is 18.5. The van der Waals surface area contributed by atoms with Crippen LogP contribution in [0.25, 0.3) is 0 Å². The summed E-state index contributed by atoms with van der Waals surface area (Å²) in [6.45, 7) is 2.33. The minimum absolute atomic E-state index is 0.104. The molecule has 0 aliphatic rings. The zero-order valence-corrected chi connectivity index (χ0v) is 8.38. The third kappa shape index (κ3) is 3.32. The number of ether oxygens (including phenoxy) is 1. The second-order valence-electron chi connectivity index (χ2n) is 2.71. The van der Waals surface area contributed by atoms with Gasteiger partial charge in [-0.2, -0.15) is 5.26 Å². The Morgan fingerprint density at radius 1 is 1.47 bits per heavy atom. The van der Waals surface area contributed by atoms with E-state index in [1.165, 1.54) is 6.07 Å². The lowest BCUT2D eigenvalue weighted by Gasteiger charge is -2.02. The Bertz CT molecular complexity index is 437. The van der Waals surface area contributed by atoms with Crippen molar-refractivity contribution in [1.82, 2.24) is 0 Å². The highest BCUT2D eigenvalue weighted by Gasteiger charge is 2.00. The molecule has 76 valence electrons. The highest BCUT2D eigenvalue weighted by molar-refractivity contribution is 5.40. The molecule has 0 spiro atoms. The molecule has 1 rings (SSSR count). The van der Waals surface area contributed by atoms with Gasteiger partial charge in [-0.05, 0) is 19.1 Å². The Kier molecular flexibility index (Phi) is 4.19. The summed E-state index contributed by atoms with van der Waals surface area (Å²) in [6.07, 6.45) is 0.104. The van der Waals surface area contributed by atoms with E-state index in [4.69, 9.17) is 10.00 Å². The van der Waals surface area contributed by atoms with Crippen LogP contribution in [0.3, 0.4) is 0 Å². The summed E-state index contributed by atoms with van der Waals surface area (Å²) in [7, 11) is 0. The molecule has 0 N–H and O–H groups in total.